The van der Waals surface area contributed by atoms with Gasteiger partial charge in [-0.05, 0) is 35.3 Å². The summed E-state index contributed by atoms with van der Waals surface area (Å²) >= 11 is 5.02. The predicted molar refractivity (Wildman–Crippen MR) is 59.8 cm³/mol. The van der Waals surface area contributed by atoms with Gasteiger partial charge in [0.15, 0.2) is 0 Å². The van der Waals surface area contributed by atoms with Crippen molar-refractivity contribution in [3.8, 4) is 12.3 Å². The maximum Gasteiger partial charge on any atom is 0.0891 e. The Hall–Kier alpha value is -0.300. The first-order chi connectivity index (χ1) is 6.15. The Labute approximate surface area is 90.9 Å². The van der Waals surface area contributed by atoms with E-state index in [1.807, 2.05) is 13.0 Å². The summed E-state index contributed by atoms with van der Waals surface area (Å²) in [5, 5.41) is 9.68. The highest BCUT2D eigenvalue weighted by atomic mass is 79.9. The molecule has 0 aliphatic rings. The molecule has 0 bridgehead atoms. The third-order valence-corrected chi connectivity index (χ3v) is 4.00. The Morgan fingerprint density at radius 3 is 2.92 bits per heavy atom. The highest BCUT2D eigenvalue weighted by Crippen LogP contribution is 2.32. The summed E-state index contributed by atoms with van der Waals surface area (Å²) in [4.78, 5) is 2.18. The van der Waals surface area contributed by atoms with Gasteiger partial charge in [-0.25, -0.2) is 0 Å². The summed E-state index contributed by atoms with van der Waals surface area (Å²) in [7, 11) is 0. The zero-order valence-electron chi connectivity index (χ0n) is 7.38. The van der Waals surface area contributed by atoms with Crippen molar-refractivity contribution in [1.29, 1.82) is 0 Å². The molecule has 1 heterocycles. The standard InChI is InChI=1S/C10H11BrOS/c1-3-4-5-9(12)10-6-8(11)7(2)13-10/h1,6,9,12H,4-5H2,2H3. The Morgan fingerprint density at radius 1 is 1.77 bits per heavy atom. The van der Waals surface area contributed by atoms with Gasteiger partial charge in [0.05, 0.1) is 6.10 Å². The van der Waals surface area contributed by atoms with E-state index in [4.69, 9.17) is 6.42 Å². The molecule has 1 nitrogen and oxygen atoms in total. The van der Waals surface area contributed by atoms with E-state index in [0.29, 0.717) is 12.8 Å². The van der Waals surface area contributed by atoms with Crippen LogP contribution in [0.25, 0.3) is 0 Å². The summed E-state index contributed by atoms with van der Waals surface area (Å²) in [6.07, 6.45) is 5.97. The lowest BCUT2D eigenvalue weighted by atomic mass is 10.2. The highest BCUT2D eigenvalue weighted by Gasteiger charge is 2.11. The number of rotatable bonds is 3. The zero-order chi connectivity index (χ0) is 9.84. The van der Waals surface area contributed by atoms with E-state index in [1.165, 1.54) is 4.88 Å². The molecule has 1 aromatic heterocycles. The summed E-state index contributed by atoms with van der Waals surface area (Å²) in [5.41, 5.74) is 0. The Balaban J connectivity index is 2.67. The molecule has 1 unspecified atom stereocenters. The van der Waals surface area contributed by atoms with E-state index in [-0.39, 0.29) is 0 Å². The SMILES string of the molecule is C#CCCC(O)c1cc(Br)c(C)s1. The molecule has 0 amide bonds. The molecule has 0 aliphatic heterocycles. The normalized spacial score (nSPS) is 12.5. The van der Waals surface area contributed by atoms with Crippen LogP contribution in [0.2, 0.25) is 0 Å². The van der Waals surface area contributed by atoms with Crippen molar-refractivity contribution in [2.24, 2.45) is 0 Å². The maximum absolute atomic E-state index is 9.68. The Kier molecular flexibility index (Phi) is 3.98. The quantitative estimate of drug-likeness (QED) is 0.826. The van der Waals surface area contributed by atoms with Gasteiger partial charge in [-0.1, -0.05) is 0 Å². The van der Waals surface area contributed by atoms with Crippen molar-refractivity contribution >= 4 is 27.3 Å². The van der Waals surface area contributed by atoms with Crippen molar-refractivity contribution in [3.05, 3.63) is 20.3 Å². The van der Waals surface area contributed by atoms with Gasteiger partial charge in [-0.3, -0.25) is 0 Å². The van der Waals surface area contributed by atoms with Gasteiger partial charge in [0.2, 0.25) is 0 Å². The zero-order valence-corrected chi connectivity index (χ0v) is 9.78. The monoisotopic (exact) mass is 258 g/mol. The van der Waals surface area contributed by atoms with E-state index < -0.39 is 6.10 Å². The average Bonchev–Trinajstić information content (AvgIpc) is 2.43. The van der Waals surface area contributed by atoms with Gasteiger partial charge in [0.25, 0.3) is 0 Å². The summed E-state index contributed by atoms with van der Waals surface area (Å²) in [5.74, 6) is 2.52. The molecule has 0 saturated carbocycles. The molecule has 1 atom stereocenters. The van der Waals surface area contributed by atoms with Gasteiger partial charge >= 0.3 is 0 Å². The second-order valence-corrected chi connectivity index (χ2v) is 4.95. The molecular weight excluding hydrogens is 248 g/mol. The van der Waals surface area contributed by atoms with Crippen molar-refractivity contribution in [2.75, 3.05) is 0 Å². The number of thiophene rings is 1. The number of hydrogen-bond donors (Lipinski definition) is 1. The minimum absolute atomic E-state index is 0.411. The molecule has 1 aromatic rings. The van der Waals surface area contributed by atoms with E-state index >= 15 is 0 Å². The molecule has 0 fully saturated rings. The first-order valence-corrected chi connectivity index (χ1v) is 5.63. The van der Waals surface area contributed by atoms with Crippen LogP contribution in [0.3, 0.4) is 0 Å². The van der Waals surface area contributed by atoms with Crippen LogP contribution in [0.4, 0.5) is 0 Å². The molecule has 1 rings (SSSR count). The molecular formula is C10H11BrOS. The van der Waals surface area contributed by atoms with E-state index in [2.05, 4.69) is 21.9 Å². The molecule has 13 heavy (non-hydrogen) atoms. The number of aryl methyl sites for hydroxylation is 1. The van der Waals surface area contributed by atoms with Gasteiger partial charge in [-0.15, -0.1) is 23.7 Å². The van der Waals surface area contributed by atoms with E-state index in [9.17, 15) is 5.11 Å². The molecule has 0 spiro atoms. The fourth-order valence-electron chi connectivity index (χ4n) is 1.01. The summed E-state index contributed by atoms with van der Waals surface area (Å²) in [6, 6.07) is 1.96. The minimum Gasteiger partial charge on any atom is -0.388 e. The highest BCUT2D eigenvalue weighted by molar-refractivity contribution is 9.10. The lowest BCUT2D eigenvalue weighted by Gasteiger charge is -2.04. The van der Waals surface area contributed by atoms with Crippen LogP contribution in [0.5, 0.6) is 0 Å². The third kappa shape index (κ3) is 2.84. The largest absolute Gasteiger partial charge is 0.388 e. The topological polar surface area (TPSA) is 20.2 Å². The molecule has 70 valence electrons. The van der Waals surface area contributed by atoms with Crippen LogP contribution in [0, 0.1) is 19.3 Å². The third-order valence-electron chi connectivity index (χ3n) is 1.77. The smallest absolute Gasteiger partial charge is 0.0891 e. The molecule has 0 aliphatic carbocycles. The number of aliphatic hydroxyl groups excluding tert-OH is 1. The van der Waals surface area contributed by atoms with Crippen LogP contribution >= 0.6 is 27.3 Å². The van der Waals surface area contributed by atoms with Gasteiger partial charge < -0.3 is 5.11 Å². The maximum atomic E-state index is 9.68. The number of hydrogen-bond acceptors (Lipinski definition) is 2. The van der Waals surface area contributed by atoms with Crippen LogP contribution < -0.4 is 0 Å². The molecule has 3 heteroatoms. The van der Waals surface area contributed by atoms with Crippen molar-refractivity contribution in [2.45, 2.75) is 25.9 Å². The summed E-state index contributed by atoms with van der Waals surface area (Å²) < 4.78 is 1.06. The lowest BCUT2D eigenvalue weighted by molar-refractivity contribution is 0.173. The molecule has 1 N–H and O–H groups in total. The van der Waals surface area contributed by atoms with Gasteiger partial charge in [0, 0.05) is 20.6 Å². The van der Waals surface area contributed by atoms with Crippen molar-refractivity contribution in [3.63, 3.8) is 0 Å². The van der Waals surface area contributed by atoms with Crippen LogP contribution in [-0.4, -0.2) is 5.11 Å². The Bertz CT molecular complexity index is 305. The molecule has 0 saturated heterocycles. The number of aliphatic hydroxyl groups is 1. The fraction of sp³-hybridized carbons (Fsp3) is 0.400. The Morgan fingerprint density at radius 2 is 2.46 bits per heavy atom. The van der Waals surface area contributed by atoms with Crippen LogP contribution in [-0.2, 0) is 0 Å². The number of halogens is 1. The van der Waals surface area contributed by atoms with Crippen molar-refractivity contribution < 1.29 is 5.11 Å². The second-order valence-electron chi connectivity index (χ2n) is 2.81. The minimum atomic E-state index is -0.411. The second kappa shape index (κ2) is 4.80. The summed E-state index contributed by atoms with van der Waals surface area (Å²) in [6.45, 7) is 2.02. The lowest BCUT2D eigenvalue weighted by Crippen LogP contribution is -1.92. The number of terminal acetylenes is 1. The fourth-order valence-corrected chi connectivity index (χ4v) is 2.59. The van der Waals surface area contributed by atoms with Gasteiger partial charge in [-0.2, -0.15) is 0 Å². The van der Waals surface area contributed by atoms with E-state index in [0.717, 1.165) is 9.35 Å². The van der Waals surface area contributed by atoms with Gasteiger partial charge in [0.1, 0.15) is 0 Å². The van der Waals surface area contributed by atoms with Crippen LogP contribution in [0.1, 0.15) is 28.7 Å². The first kappa shape index (κ1) is 10.8. The molecule has 0 aromatic carbocycles. The van der Waals surface area contributed by atoms with Crippen LogP contribution in [0.15, 0.2) is 10.5 Å². The van der Waals surface area contributed by atoms with Crippen molar-refractivity contribution in [1.82, 2.24) is 0 Å². The first-order valence-electron chi connectivity index (χ1n) is 4.02. The molecule has 0 radical (unpaired) electrons. The predicted octanol–water partition coefficient (Wildman–Crippen LogP) is 3.27. The van der Waals surface area contributed by atoms with E-state index in [1.54, 1.807) is 11.3 Å². The average molecular weight is 259 g/mol.